The van der Waals surface area contributed by atoms with Gasteiger partial charge >= 0.3 is 0 Å². The van der Waals surface area contributed by atoms with Crippen LogP contribution in [0.2, 0.25) is 0 Å². The normalized spacial score (nSPS) is 16.2. The first-order chi connectivity index (χ1) is 14.6. The summed E-state index contributed by atoms with van der Waals surface area (Å²) in [5, 5.41) is 13.6. The molecule has 156 valence electrons. The van der Waals surface area contributed by atoms with Crippen molar-refractivity contribution in [1.82, 2.24) is 4.31 Å². The van der Waals surface area contributed by atoms with E-state index in [1.807, 2.05) is 54.6 Å². The molecule has 2 N–H and O–H groups in total. The fourth-order valence-electron chi connectivity index (χ4n) is 3.46. The van der Waals surface area contributed by atoms with Crippen LogP contribution in [0, 0.1) is 0 Å². The van der Waals surface area contributed by atoms with Gasteiger partial charge < -0.3 is 15.2 Å². The van der Waals surface area contributed by atoms with Crippen LogP contribution < -0.4 is 5.32 Å². The summed E-state index contributed by atoms with van der Waals surface area (Å²) in [6.45, 7) is 1.40. The number of hydrogen-bond donors (Lipinski definition) is 2. The van der Waals surface area contributed by atoms with Crippen molar-refractivity contribution >= 4 is 15.7 Å². The Hall–Kier alpha value is -2.71. The first-order valence-electron chi connectivity index (χ1n) is 9.82. The van der Waals surface area contributed by atoms with Gasteiger partial charge in [-0.2, -0.15) is 4.31 Å². The van der Waals surface area contributed by atoms with E-state index in [-0.39, 0.29) is 4.90 Å². The fraction of sp³-hybridized carbons (Fsp3) is 0.217. The SMILES string of the molecule is O=S(=O)(c1ccccc1NC(O)c1ccc(-c2ccccc2)cc1)N1CCOCC1. The molecule has 0 saturated carbocycles. The first kappa shape index (κ1) is 20.6. The van der Waals surface area contributed by atoms with Crippen molar-refractivity contribution in [2.45, 2.75) is 11.1 Å². The highest BCUT2D eigenvalue weighted by Gasteiger charge is 2.28. The molecule has 1 unspecified atom stereocenters. The van der Waals surface area contributed by atoms with Crippen molar-refractivity contribution in [1.29, 1.82) is 0 Å². The molecule has 7 heteroatoms. The molecule has 4 rings (SSSR count). The van der Waals surface area contributed by atoms with E-state index < -0.39 is 16.3 Å². The lowest BCUT2D eigenvalue weighted by molar-refractivity contribution is 0.0730. The Bertz CT molecular complexity index is 1080. The Morgan fingerprint density at radius 3 is 2.13 bits per heavy atom. The minimum absolute atomic E-state index is 0.145. The first-order valence-corrected chi connectivity index (χ1v) is 11.3. The third-order valence-corrected chi connectivity index (χ3v) is 7.06. The molecule has 1 aliphatic heterocycles. The Balaban J connectivity index is 1.55. The van der Waals surface area contributed by atoms with E-state index in [0.717, 1.165) is 11.1 Å². The minimum atomic E-state index is -3.68. The fourth-order valence-corrected chi connectivity index (χ4v) is 5.02. The number of aliphatic hydroxyl groups is 1. The minimum Gasteiger partial charge on any atom is -0.379 e. The monoisotopic (exact) mass is 424 g/mol. The van der Waals surface area contributed by atoms with E-state index in [1.54, 1.807) is 24.3 Å². The predicted octanol–water partition coefficient (Wildman–Crippen LogP) is 3.48. The van der Waals surface area contributed by atoms with E-state index in [1.165, 1.54) is 4.31 Å². The maximum Gasteiger partial charge on any atom is 0.245 e. The largest absolute Gasteiger partial charge is 0.379 e. The zero-order chi connectivity index (χ0) is 21.0. The maximum atomic E-state index is 13.1. The van der Waals surface area contributed by atoms with Crippen molar-refractivity contribution in [2.24, 2.45) is 0 Å². The van der Waals surface area contributed by atoms with E-state index in [4.69, 9.17) is 4.74 Å². The molecule has 0 aliphatic carbocycles. The Labute approximate surface area is 176 Å². The smallest absolute Gasteiger partial charge is 0.245 e. The number of aliphatic hydroxyl groups excluding tert-OH is 1. The third kappa shape index (κ3) is 4.39. The average Bonchev–Trinajstić information content (AvgIpc) is 2.80. The second-order valence-corrected chi connectivity index (χ2v) is 8.95. The molecule has 6 nitrogen and oxygen atoms in total. The number of nitrogens with zero attached hydrogens (tertiary/aromatic N) is 1. The van der Waals surface area contributed by atoms with Crippen LogP contribution in [-0.4, -0.2) is 44.1 Å². The topological polar surface area (TPSA) is 78.9 Å². The van der Waals surface area contributed by atoms with E-state index in [2.05, 4.69) is 5.32 Å². The zero-order valence-electron chi connectivity index (χ0n) is 16.4. The van der Waals surface area contributed by atoms with Gasteiger partial charge in [0.25, 0.3) is 0 Å². The Kier molecular flexibility index (Phi) is 6.15. The molecule has 3 aromatic carbocycles. The van der Waals surface area contributed by atoms with Gasteiger partial charge in [0.1, 0.15) is 4.90 Å². The lowest BCUT2D eigenvalue weighted by atomic mass is 10.0. The molecule has 1 atom stereocenters. The predicted molar refractivity (Wildman–Crippen MR) is 116 cm³/mol. The molecule has 0 spiro atoms. The summed E-state index contributed by atoms with van der Waals surface area (Å²) < 4.78 is 32.8. The maximum absolute atomic E-state index is 13.1. The number of benzene rings is 3. The van der Waals surface area contributed by atoms with Gasteiger partial charge in [-0.3, -0.25) is 0 Å². The number of nitrogens with one attached hydrogen (secondary N) is 1. The van der Waals surface area contributed by atoms with Crippen molar-refractivity contribution in [3.8, 4) is 11.1 Å². The number of morpholine rings is 1. The highest BCUT2D eigenvalue weighted by atomic mass is 32.2. The Morgan fingerprint density at radius 2 is 1.43 bits per heavy atom. The molecule has 1 saturated heterocycles. The van der Waals surface area contributed by atoms with Crippen LogP contribution in [-0.2, 0) is 14.8 Å². The number of sulfonamides is 1. The van der Waals surface area contributed by atoms with Gasteiger partial charge in [-0.05, 0) is 23.3 Å². The van der Waals surface area contributed by atoms with Gasteiger partial charge in [0.05, 0.1) is 18.9 Å². The van der Waals surface area contributed by atoms with E-state index >= 15 is 0 Å². The number of anilines is 1. The molecule has 0 radical (unpaired) electrons. The van der Waals surface area contributed by atoms with Crippen molar-refractivity contribution < 1.29 is 18.3 Å². The third-order valence-electron chi connectivity index (χ3n) is 5.10. The Morgan fingerprint density at radius 1 is 0.833 bits per heavy atom. The van der Waals surface area contributed by atoms with Crippen LogP contribution in [0.1, 0.15) is 11.8 Å². The molecule has 0 aromatic heterocycles. The molecular formula is C23H24N2O4S. The highest BCUT2D eigenvalue weighted by molar-refractivity contribution is 7.89. The second-order valence-electron chi connectivity index (χ2n) is 7.05. The standard InChI is InChI=1S/C23H24N2O4S/c26-23(20-12-10-19(11-13-20)18-6-2-1-3-7-18)24-21-8-4-5-9-22(21)30(27,28)25-14-16-29-17-15-25/h1-13,23-24,26H,14-17H2. The van der Waals surface area contributed by atoms with E-state index in [0.29, 0.717) is 37.6 Å². The van der Waals surface area contributed by atoms with Gasteiger partial charge in [-0.1, -0.05) is 66.7 Å². The van der Waals surface area contributed by atoms with Gasteiger partial charge in [0.15, 0.2) is 6.23 Å². The van der Waals surface area contributed by atoms with Crippen LogP contribution in [0.15, 0.2) is 83.8 Å². The molecule has 0 amide bonds. The summed E-state index contributed by atoms with van der Waals surface area (Å²) in [6.07, 6.45) is -1.05. The number of rotatable bonds is 6. The lowest BCUT2D eigenvalue weighted by Gasteiger charge is -2.27. The summed E-state index contributed by atoms with van der Waals surface area (Å²) in [6, 6.07) is 24.1. The van der Waals surface area contributed by atoms with Crippen LogP contribution in [0.3, 0.4) is 0 Å². The van der Waals surface area contributed by atoms with Crippen LogP contribution in [0.4, 0.5) is 5.69 Å². The summed E-state index contributed by atoms with van der Waals surface area (Å²) in [7, 11) is -3.68. The summed E-state index contributed by atoms with van der Waals surface area (Å²) in [5.74, 6) is 0. The van der Waals surface area contributed by atoms with E-state index in [9.17, 15) is 13.5 Å². The number of ether oxygens (including phenoxy) is 1. The van der Waals surface area contributed by atoms with Crippen molar-refractivity contribution in [3.05, 3.63) is 84.4 Å². The van der Waals surface area contributed by atoms with Gasteiger partial charge in [0.2, 0.25) is 10.0 Å². The molecule has 1 heterocycles. The lowest BCUT2D eigenvalue weighted by Crippen LogP contribution is -2.40. The average molecular weight is 425 g/mol. The quantitative estimate of drug-likeness (QED) is 0.593. The summed E-state index contributed by atoms with van der Waals surface area (Å²) in [4.78, 5) is 0.145. The highest BCUT2D eigenvalue weighted by Crippen LogP contribution is 2.28. The van der Waals surface area contributed by atoms with Crippen molar-refractivity contribution in [3.63, 3.8) is 0 Å². The number of hydrogen-bond acceptors (Lipinski definition) is 5. The van der Waals surface area contributed by atoms with Crippen molar-refractivity contribution in [2.75, 3.05) is 31.6 Å². The second kappa shape index (κ2) is 8.97. The molecule has 30 heavy (non-hydrogen) atoms. The molecule has 1 fully saturated rings. The zero-order valence-corrected chi connectivity index (χ0v) is 17.3. The molecule has 3 aromatic rings. The summed E-state index contributed by atoms with van der Waals surface area (Å²) >= 11 is 0. The van der Waals surface area contributed by atoms with Gasteiger partial charge in [-0.15, -0.1) is 0 Å². The summed E-state index contributed by atoms with van der Waals surface area (Å²) in [5.41, 5.74) is 3.15. The molecule has 0 bridgehead atoms. The number of para-hydroxylation sites is 1. The van der Waals surface area contributed by atoms with Crippen LogP contribution in [0.25, 0.3) is 11.1 Å². The van der Waals surface area contributed by atoms with Gasteiger partial charge in [0, 0.05) is 18.7 Å². The molecular weight excluding hydrogens is 400 g/mol. The van der Waals surface area contributed by atoms with Gasteiger partial charge in [-0.25, -0.2) is 8.42 Å². The molecule has 1 aliphatic rings. The van der Waals surface area contributed by atoms with Crippen LogP contribution >= 0.6 is 0 Å². The van der Waals surface area contributed by atoms with Crippen LogP contribution in [0.5, 0.6) is 0 Å².